The second-order valence-electron chi connectivity index (χ2n) is 7.56. The van der Waals surface area contributed by atoms with Gasteiger partial charge in [-0.15, -0.1) is 0 Å². The second-order valence-corrected chi connectivity index (χ2v) is 9.50. The number of anilines is 1. The SMILES string of the molecule is CC(=O)Nc1ccc(S(=O)(=O)N2CCC[C@H](C(=O)N[C@H](CO)c3ccccc3)C2)cc1. The Hall–Kier alpha value is -2.75. The molecule has 1 saturated heterocycles. The predicted molar refractivity (Wildman–Crippen MR) is 117 cm³/mol. The minimum absolute atomic E-state index is 0.0779. The Balaban J connectivity index is 1.68. The number of carbonyl (C=O) groups is 2. The standard InChI is InChI=1S/C22H27N3O5S/c1-16(27)23-19-9-11-20(12-10-19)31(29,30)25-13-5-8-18(14-25)22(28)24-21(15-26)17-6-3-2-4-7-17/h2-4,6-7,9-12,18,21,26H,5,8,13-15H2,1H3,(H,23,27)(H,24,28)/t18-,21+/m0/s1. The lowest BCUT2D eigenvalue weighted by Gasteiger charge is -2.32. The van der Waals surface area contributed by atoms with Gasteiger partial charge in [-0.25, -0.2) is 8.42 Å². The molecule has 3 rings (SSSR count). The van der Waals surface area contributed by atoms with Crippen LogP contribution < -0.4 is 10.6 Å². The third-order valence-electron chi connectivity index (χ3n) is 5.27. The molecule has 0 spiro atoms. The molecule has 1 fully saturated rings. The molecular weight excluding hydrogens is 418 g/mol. The minimum atomic E-state index is -3.77. The third-order valence-corrected chi connectivity index (χ3v) is 7.15. The smallest absolute Gasteiger partial charge is 0.243 e. The van der Waals surface area contributed by atoms with E-state index in [1.807, 2.05) is 30.3 Å². The van der Waals surface area contributed by atoms with Crippen molar-refractivity contribution < 1.29 is 23.1 Å². The number of amides is 2. The zero-order chi connectivity index (χ0) is 22.4. The van der Waals surface area contributed by atoms with Gasteiger partial charge in [0.05, 0.1) is 23.5 Å². The van der Waals surface area contributed by atoms with E-state index in [0.717, 1.165) is 5.56 Å². The highest BCUT2D eigenvalue weighted by Crippen LogP contribution is 2.25. The van der Waals surface area contributed by atoms with Crippen LogP contribution in [-0.2, 0) is 19.6 Å². The molecule has 0 aromatic heterocycles. The van der Waals surface area contributed by atoms with E-state index >= 15 is 0 Å². The zero-order valence-corrected chi connectivity index (χ0v) is 18.1. The van der Waals surface area contributed by atoms with Gasteiger partial charge >= 0.3 is 0 Å². The number of nitrogens with zero attached hydrogens (tertiary/aromatic N) is 1. The summed E-state index contributed by atoms with van der Waals surface area (Å²) in [6.45, 7) is 1.55. The highest BCUT2D eigenvalue weighted by atomic mass is 32.2. The van der Waals surface area contributed by atoms with Crippen LogP contribution in [0, 0.1) is 5.92 Å². The maximum atomic E-state index is 13.1. The molecule has 166 valence electrons. The summed E-state index contributed by atoms with van der Waals surface area (Å²) in [6.07, 6.45) is 1.14. The van der Waals surface area contributed by atoms with Crippen molar-refractivity contribution in [1.82, 2.24) is 9.62 Å². The summed E-state index contributed by atoms with van der Waals surface area (Å²) in [5.74, 6) is -1.01. The van der Waals surface area contributed by atoms with Crippen molar-refractivity contribution >= 4 is 27.5 Å². The Morgan fingerprint density at radius 3 is 2.42 bits per heavy atom. The van der Waals surface area contributed by atoms with Crippen molar-refractivity contribution in [1.29, 1.82) is 0 Å². The van der Waals surface area contributed by atoms with Gasteiger partial charge in [0.25, 0.3) is 0 Å². The Morgan fingerprint density at radius 1 is 1.13 bits per heavy atom. The molecule has 31 heavy (non-hydrogen) atoms. The number of benzene rings is 2. The first kappa shape index (κ1) is 22.9. The van der Waals surface area contributed by atoms with Gasteiger partial charge in [0, 0.05) is 25.7 Å². The van der Waals surface area contributed by atoms with Gasteiger partial charge in [-0.2, -0.15) is 4.31 Å². The monoisotopic (exact) mass is 445 g/mol. The van der Waals surface area contributed by atoms with Gasteiger partial charge in [0.1, 0.15) is 0 Å². The van der Waals surface area contributed by atoms with Crippen LogP contribution in [-0.4, -0.2) is 49.3 Å². The minimum Gasteiger partial charge on any atom is -0.394 e. The van der Waals surface area contributed by atoms with Crippen molar-refractivity contribution in [3.05, 3.63) is 60.2 Å². The first-order valence-corrected chi connectivity index (χ1v) is 11.6. The lowest BCUT2D eigenvalue weighted by molar-refractivity contribution is -0.127. The van der Waals surface area contributed by atoms with Gasteiger partial charge in [0.15, 0.2) is 0 Å². The molecule has 2 atom stereocenters. The number of aliphatic hydroxyl groups is 1. The van der Waals surface area contributed by atoms with Crippen molar-refractivity contribution in [3.63, 3.8) is 0 Å². The summed E-state index contributed by atoms with van der Waals surface area (Å²) in [5, 5.41) is 15.1. The summed E-state index contributed by atoms with van der Waals surface area (Å²) in [4.78, 5) is 24.1. The fourth-order valence-electron chi connectivity index (χ4n) is 3.65. The maximum absolute atomic E-state index is 13.1. The van der Waals surface area contributed by atoms with Gasteiger partial charge in [0.2, 0.25) is 21.8 Å². The molecule has 2 aromatic carbocycles. The summed E-state index contributed by atoms with van der Waals surface area (Å²) in [5.41, 5.74) is 1.30. The van der Waals surface area contributed by atoms with E-state index in [1.54, 1.807) is 0 Å². The van der Waals surface area contributed by atoms with E-state index in [2.05, 4.69) is 10.6 Å². The van der Waals surface area contributed by atoms with Gasteiger partial charge in [-0.1, -0.05) is 30.3 Å². The largest absolute Gasteiger partial charge is 0.394 e. The van der Waals surface area contributed by atoms with Gasteiger partial charge in [-0.05, 0) is 42.7 Å². The van der Waals surface area contributed by atoms with Crippen molar-refractivity contribution in [3.8, 4) is 0 Å². The Kier molecular flexibility index (Phi) is 7.42. The average molecular weight is 446 g/mol. The van der Waals surface area contributed by atoms with E-state index in [4.69, 9.17) is 0 Å². The van der Waals surface area contributed by atoms with Crippen LogP contribution in [0.5, 0.6) is 0 Å². The molecular formula is C22H27N3O5S. The Bertz CT molecular complexity index is 1010. The molecule has 9 heteroatoms. The molecule has 0 saturated carbocycles. The summed E-state index contributed by atoms with van der Waals surface area (Å²) in [7, 11) is -3.77. The third kappa shape index (κ3) is 5.69. The van der Waals surface area contributed by atoms with Crippen LogP contribution in [0.2, 0.25) is 0 Å². The van der Waals surface area contributed by atoms with Crippen LogP contribution in [0.1, 0.15) is 31.4 Å². The van der Waals surface area contributed by atoms with Crippen molar-refractivity contribution in [2.75, 3.05) is 25.0 Å². The summed E-state index contributed by atoms with van der Waals surface area (Å²) >= 11 is 0. The number of hydrogen-bond donors (Lipinski definition) is 3. The number of sulfonamides is 1. The molecule has 2 aromatic rings. The van der Waals surface area contributed by atoms with Gasteiger partial charge in [-0.3, -0.25) is 9.59 Å². The molecule has 3 N–H and O–H groups in total. The van der Waals surface area contributed by atoms with Crippen LogP contribution in [0.3, 0.4) is 0 Å². The molecule has 0 bridgehead atoms. The lowest BCUT2D eigenvalue weighted by Crippen LogP contribution is -2.46. The Labute approximate surface area is 182 Å². The highest BCUT2D eigenvalue weighted by Gasteiger charge is 2.34. The number of hydrogen-bond acceptors (Lipinski definition) is 5. The number of piperidine rings is 1. The van der Waals surface area contributed by atoms with Crippen LogP contribution in [0.4, 0.5) is 5.69 Å². The van der Waals surface area contributed by atoms with E-state index in [0.29, 0.717) is 25.1 Å². The maximum Gasteiger partial charge on any atom is 0.243 e. The lowest BCUT2D eigenvalue weighted by atomic mass is 9.97. The molecule has 0 radical (unpaired) electrons. The van der Waals surface area contributed by atoms with E-state index in [9.17, 15) is 23.1 Å². The number of nitrogens with one attached hydrogen (secondary N) is 2. The van der Waals surface area contributed by atoms with Gasteiger partial charge < -0.3 is 15.7 Å². The topological polar surface area (TPSA) is 116 Å². The zero-order valence-electron chi connectivity index (χ0n) is 17.3. The van der Waals surface area contributed by atoms with Crippen LogP contribution in [0.15, 0.2) is 59.5 Å². The quantitative estimate of drug-likeness (QED) is 0.602. The molecule has 0 unspecified atom stereocenters. The Morgan fingerprint density at radius 2 is 1.81 bits per heavy atom. The first-order chi connectivity index (χ1) is 14.8. The average Bonchev–Trinajstić information content (AvgIpc) is 2.78. The molecule has 1 aliphatic rings. The van der Waals surface area contributed by atoms with E-state index < -0.39 is 22.0 Å². The van der Waals surface area contributed by atoms with Crippen molar-refractivity contribution in [2.24, 2.45) is 5.92 Å². The summed E-state index contributed by atoms with van der Waals surface area (Å²) in [6, 6.07) is 14.6. The molecule has 1 aliphatic heterocycles. The fourth-order valence-corrected chi connectivity index (χ4v) is 5.17. The molecule has 1 heterocycles. The fraction of sp³-hybridized carbons (Fsp3) is 0.364. The number of rotatable bonds is 7. The number of aliphatic hydroxyl groups excluding tert-OH is 1. The molecule has 0 aliphatic carbocycles. The van der Waals surface area contributed by atoms with Crippen LogP contribution in [0.25, 0.3) is 0 Å². The van der Waals surface area contributed by atoms with E-state index in [1.165, 1.54) is 35.5 Å². The normalized spacial score (nSPS) is 18.2. The van der Waals surface area contributed by atoms with Crippen LogP contribution >= 0.6 is 0 Å². The van der Waals surface area contributed by atoms with E-state index in [-0.39, 0.29) is 29.9 Å². The molecule has 2 amide bonds. The van der Waals surface area contributed by atoms with Crippen molar-refractivity contribution in [2.45, 2.75) is 30.7 Å². The highest BCUT2D eigenvalue weighted by molar-refractivity contribution is 7.89. The predicted octanol–water partition coefficient (Wildman–Crippen LogP) is 1.90. The first-order valence-electron chi connectivity index (χ1n) is 10.1. The number of carbonyl (C=O) groups excluding carboxylic acids is 2. The summed E-state index contributed by atoms with van der Waals surface area (Å²) < 4.78 is 27.4. The second kappa shape index (κ2) is 10.0. The molecule has 8 nitrogen and oxygen atoms in total.